The number of nitrogens with one attached hydrogen (secondary N) is 3. The molecule has 1 unspecified atom stereocenters. The molecule has 0 spiro atoms. The summed E-state index contributed by atoms with van der Waals surface area (Å²) in [4.78, 5) is 42.8. The van der Waals surface area contributed by atoms with E-state index in [1.54, 1.807) is 43.6 Å². The van der Waals surface area contributed by atoms with Gasteiger partial charge in [-0.15, -0.1) is 0 Å². The molecule has 1 saturated heterocycles. The van der Waals surface area contributed by atoms with Crippen molar-refractivity contribution in [2.45, 2.75) is 38.6 Å². The van der Waals surface area contributed by atoms with Gasteiger partial charge < -0.3 is 16.0 Å². The van der Waals surface area contributed by atoms with Gasteiger partial charge in [0.15, 0.2) is 0 Å². The fourth-order valence-corrected chi connectivity index (χ4v) is 3.82. The maximum Gasteiger partial charge on any atom is 0.329 e. The van der Waals surface area contributed by atoms with E-state index in [2.05, 4.69) is 20.9 Å². The fourth-order valence-electron chi connectivity index (χ4n) is 3.82. The molecular formula is C22H25N5O3. The normalized spacial score (nSPS) is 20.8. The minimum absolute atomic E-state index is 0.190. The molecule has 30 heavy (non-hydrogen) atoms. The highest BCUT2D eigenvalue weighted by molar-refractivity contribution is 6.23. The van der Waals surface area contributed by atoms with Gasteiger partial charge in [0.05, 0.1) is 5.69 Å². The summed E-state index contributed by atoms with van der Waals surface area (Å²) in [5.41, 5.74) is 2.31. The van der Waals surface area contributed by atoms with Crippen molar-refractivity contribution in [2.75, 3.05) is 16.8 Å². The number of amides is 5. The van der Waals surface area contributed by atoms with Crippen LogP contribution in [0.5, 0.6) is 0 Å². The van der Waals surface area contributed by atoms with Crippen molar-refractivity contribution < 1.29 is 14.4 Å². The van der Waals surface area contributed by atoms with Crippen LogP contribution in [0.3, 0.4) is 0 Å². The second kappa shape index (κ2) is 7.78. The number of aryl methyl sites for hydroxylation is 1. The first kappa shape index (κ1) is 19.9. The molecule has 0 radical (unpaired) electrons. The van der Waals surface area contributed by atoms with Crippen LogP contribution < -0.4 is 20.9 Å². The summed E-state index contributed by atoms with van der Waals surface area (Å²) in [5, 5.41) is 8.41. The average Bonchev–Trinajstić information content (AvgIpc) is 3.52. The second-order valence-electron chi connectivity index (χ2n) is 8.03. The second-order valence-corrected chi connectivity index (χ2v) is 8.03. The molecule has 1 saturated carbocycles. The number of pyridine rings is 1. The molecule has 8 nitrogen and oxygen atoms in total. The molecule has 0 bridgehead atoms. The average molecular weight is 407 g/mol. The van der Waals surface area contributed by atoms with Gasteiger partial charge in [0.25, 0.3) is 5.91 Å². The van der Waals surface area contributed by atoms with Crippen LogP contribution in [0.15, 0.2) is 42.7 Å². The number of imide groups is 1. The Balaban J connectivity index is 1.37. The van der Waals surface area contributed by atoms with Crippen molar-refractivity contribution in [1.29, 1.82) is 0 Å². The summed E-state index contributed by atoms with van der Waals surface area (Å²) in [6.45, 7) is 4.24. The lowest BCUT2D eigenvalue weighted by Gasteiger charge is -2.21. The fraction of sp³-hybridized carbons (Fsp3) is 0.364. The number of nitrogens with zero attached hydrogens (tertiary/aromatic N) is 2. The standard InChI is InChI=1S/C22H25N5O3/c1-14-13-23-10-8-15(14)9-11-24-20(29)25-17-4-3-5-18(12-17)27-19(28)22(2,16-6-7-16)26-21(27)30/h3-5,8,10,12-13,16H,6-7,9,11H2,1-2H3,(H,26,30)(H2,24,25,29). The number of aromatic nitrogens is 1. The van der Waals surface area contributed by atoms with Gasteiger partial charge >= 0.3 is 12.1 Å². The van der Waals surface area contributed by atoms with E-state index in [1.807, 2.05) is 13.0 Å². The summed E-state index contributed by atoms with van der Waals surface area (Å²) in [6.07, 6.45) is 6.11. The van der Waals surface area contributed by atoms with Gasteiger partial charge in [0, 0.05) is 24.6 Å². The number of carbonyl (C=O) groups is 3. The Morgan fingerprint density at radius 3 is 2.83 bits per heavy atom. The molecule has 156 valence electrons. The van der Waals surface area contributed by atoms with Crippen LogP contribution >= 0.6 is 0 Å². The summed E-state index contributed by atoms with van der Waals surface area (Å²) in [5.74, 6) is -0.0561. The smallest absolute Gasteiger partial charge is 0.329 e. The van der Waals surface area contributed by atoms with E-state index in [-0.39, 0.29) is 17.9 Å². The lowest BCUT2D eigenvalue weighted by atomic mass is 9.96. The van der Waals surface area contributed by atoms with Crippen molar-refractivity contribution in [2.24, 2.45) is 5.92 Å². The molecule has 1 atom stereocenters. The van der Waals surface area contributed by atoms with Gasteiger partial charge in [-0.3, -0.25) is 9.78 Å². The Morgan fingerprint density at radius 2 is 2.10 bits per heavy atom. The number of hydrogen-bond acceptors (Lipinski definition) is 4. The highest BCUT2D eigenvalue weighted by Crippen LogP contribution is 2.43. The monoisotopic (exact) mass is 407 g/mol. The molecule has 1 aliphatic heterocycles. The highest BCUT2D eigenvalue weighted by Gasteiger charge is 2.56. The maximum atomic E-state index is 12.9. The molecule has 1 aromatic carbocycles. The lowest BCUT2D eigenvalue weighted by Crippen LogP contribution is -2.46. The van der Waals surface area contributed by atoms with Crippen molar-refractivity contribution in [3.8, 4) is 0 Å². The quantitative estimate of drug-likeness (QED) is 0.641. The predicted octanol–water partition coefficient (Wildman–Crippen LogP) is 2.98. The zero-order chi connectivity index (χ0) is 21.3. The number of hydrogen-bond donors (Lipinski definition) is 3. The molecule has 1 aliphatic carbocycles. The first-order valence-corrected chi connectivity index (χ1v) is 10.1. The molecule has 3 N–H and O–H groups in total. The van der Waals surface area contributed by atoms with E-state index in [9.17, 15) is 14.4 Å². The van der Waals surface area contributed by atoms with Crippen molar-refractivity contribution >= 4 is 29.3 Å². The van der Waals surface area contributed by atoms with Crippen LogP contribution in [-0.2, 0) is 11.2 Å². The molecule has 2 heterocycles. The third-order valence-corrected chi connectivity index (χ3v) is 5.79. The topological polar surface area (TPSA) is 103 Å². The first-order chi connectivity index (χ1) is 14.4. The number of benzene rings is 1. The summed E-state index contributed by atoms with van der Waals surface area (Å²) in [7, 11) is 0. The molecule has 8 heteroatoms. The summed E-state index contributed by atoms with van der Waals surface area (Å²) >= 11 is 0. The Bertz CT molecular complexity index is 1000. The number of urea groups is 2. The van der Waals surface area contributed by atoms with Crippen molar-refractivity contribution in [1.82, 2.24) is 15.6 Å². The zero-order valence-corrected chi connectivity index (χ0v) is 17.1. The molecule has 2 fully saturated rings. The van der Waals surface area contributed by atoms with E-state index in [0.29, 0.717) is 24.3 Å². The van der Waals surface area contributed by atoms with E-state index in [0.717, 1.165) is 28.9 Å². The molecule has 5 amide bonds. The molecule has 2 aromatic rings. The van der Waals surface area contributed by atoms with E-state index in [1.165, 1.54) is 0 Å². The van der Waals surface area contributed by atoms with Crippen molar-refractivity contribution in [3.63, 3.8) is 0 Å². The summed E-state index contributed by atoms with van der Waals surface area (Å²) < 4.78 is 0. The van der Waals surface area contributed by atoms with Gasteiger partial charge in [0.1, 0.15) is 5.54 Å². The zero-order valence-electron chi connectivity index (χ0n) is 17.1. The lowest BCUT2D eigenvalue weighted by molar-refractivity contribution is -0.122. The van der Waals surface area contributed by atoms with Crippen LogP contribution in [0.4, 0.5) is 21.0 Å². The van der Waals surface area contributed by atoms with Gasteiger partial charge in [0.2, 0.25) is 0 Å². The number of anilines is 2. The minimum atomic E-state index is -0.844. The van der Waals surface area contributed by atoms with Crippen LogP contribution in [-0.4, -0.2) is 35.0 Å². The van der Waals surface area contributed by atoms with Gasteiger partial charge in [-0.1, -0.05) is 6.07 Å². The predicted molar refractivity (Wildman–Crippen MR) is 113 cm³/mol. The molecular weight excluding hydrogens is 382 g/mol. The molecule has 2 aliphatic rings. The van der Waals surface area contributed by atoms with Gasteiger partial charge in [-0.2, -0.15) is 0 Å². The Hall–Kier alpha value is -3.42. The molecule has 1 aromatic heterocycles. The van der Waals surface area contributed by atoms with Crippen LogP contribution in [0.25, 0.3) is 0 Å². The SMILES string of the molecule is Cc1cnccc1CCNC(=O)Nc1cccc(N2C(=O)NC(C)(C3CC3)C2=O)c1. The Kier molecular flexibility index (Phi) is 5.15. The van der Waals surface area contributed by atoms with Gasteiger partial charge in [-0.25, -0.2) is 14.5 Å². The van der Waals surface area contributed by atoms with Crippen LogP contribution in [0, 0.1) is 12.8 Å². The third-order valence-electron chi connectivity index (χ3n) is 5.79. The molecule has 4 rings (SSSR count). The van der Waals surface area contributed by atoms with E-state index < -0.39 is 11.6 Å². The third kappa shape index (κ3) is 3.85. The Morgan fingerprint density at radius 1 is 1.30 bits per heavy atom. The van der Waals surface area contributed by atoms with E-state index in [4.69, 9.17) is 0 Å². The van der Waals surface area contributed by atoms with Crippen LogP contribution in [0.2, 0.25) is 0 Å². The minimum Gasteiger partial charge on any atom is -0.338 e. The van der Waals surface area contributed by atoms with E-state index >= 15 is 0 Å². The largest absolute Gasteiger partial charge is 0.338 e. The highest BCUT2D eigenvalue weighted by atomic mass is 16.2. The summed E-state index contributed by atoms with van der Waals surface area (Å²) in [6, 6.07) is 7.90. The van der Waals surface area contributed by atoms with Gasteiger partial charge in [-0.05, 0) is 74.4 Å². The number of carbonyl (C=O) groups excluding carboxylic acids is 3. The first-order valence-electron chi connectivity index (χ1n) is 10.1. The maximum absolute atomic E-state index is 12.9. The van der Waals surface area contributed by atoms with Crippen molar-refractivity contribution in [3.05, 3.63) is 53.9 Å². The number of rotatable bonds is 6. The van der Waals surface area contributed by atoms with Crippen LogP contribution in [0.1, 0.15) is 30.9 Å². The Labute approximate surface area is 175 Å².